The van der Waals surface area contributed by atoms with E-state index in [1.165, 1.54) is 28.8 Å². The Morgan fingerprint density at radius 1 is 1.16 bits per heavy atom. The van der Waals surface area contributed by atoms with Crippen molar-refractivity contribution < 1.29 is 8.78 Å². The van der Waals surface area contributed by atoms with Gasteiger partial charge in [0.1, 0.15) is 11.6 Å². The first-order valence-corrected chi connectivity index (χ1v) is 5.99. The smallest absolute Gasteiger partial charge is 0.250 e. The fourth-order valence-electron chi connectivity index (χ4n) is 1.77. The van der Waals surface area contributed by atoms with E-state index in [4.69, 9.17) is 0 Å². The van der Waals surface area contributed by atoms with Crippen LogP contribution < -0.4 is 10.9 Å². The van der Waals surface area contributed by atoms with Crippen LogP contribution in [0.5, 0.6) is 0 Å². The van der Waals surface area contributed by atoms with Crippen LogP contribution in [0.1, 0.15) is 12.5 Å². The molecule has 100 valence electrons. The summed E-state index contributed by atoms with van der Waals surface area (Å²) in [6, 6.07) is 6.77. The predicted molar refractivity (Wildman–Crippen MR) is 70.1 cm³/mol. The SMILES string of the molecule is CCn1cc(NCc2c(F)cccc2F)ccc1=O. The number of rotatable bonds is 4. The summed E-state index contributed by atoms with van der Waals surface area (Å²) in [5.74, 6) is -1.17. The lowest BCUT2D eigenvalue weighted by molar-refractivity contribution is 0.560. The van der Waals surface area contributed by atoms with Crippen LogP contribution in [0.25, 0.3) is 0 Å². The maximum absolute atomic E-state index is 13.4. The maximum atomic E-state index is 13.4. The third-order valence-corrected chi connectivity index (χ3v) is 2.86. The van der Waals surface area contributed by atoms with Gasteiger partial charge in [0.25, 0.3) is 5.56 Å². The van der Waals surface area contributed by atoms with E-state index in [2.05, 4.69) is 5.32 Å². The second-order valence-electron chi connectivity index (χ2n) is 4.10. The van der Waals surface area contributed by atoms with Gasteiger partial charge >= 0.3 is 0 Å². The van der Waals surface area contributed by atoms with Crippen molar-refractivity contribution in [2.45, 2.75) is 20.0 Å². The highest BCUT2D eigenvalue weighted by Crippen LogP contribution is 2.14. The fourth-order valence-corrected chi connectivity index (χ4v) is 1.77. The van der Waals surface area contributed by atoms with E-state index in [0.29, 0.717) is 12.2 Å². The summed E-state index contributed by atoms with van der Waals surface area (Å²) < 4.78 is 28.4. The highest BCUT2D eigenvalue weighted by Gasteiger charge is 2.07. The minimum Gasteiger partial charge on any atom is -0.380 e. The Labute approximate surface area is 109 Å². The predicted octanol–water partition coefficient (Wildman–Crippen LogP) is 2.76. The van der Waals surface area contributed by atoms with Gasteiger partial charge in [0, 0.05) is 30.9 Å². The van der Waals surface area contributed by atoms with Gasteiger partial charge in [-0.25, -0.2) is 8.78 Å². The monoisotopic (exact) mass is 264 g/mol. The van der Waals surface area contributed by atoms with Gasteiger partial charge in [-0.3, -0.25) is 4.79 Å². The average Bonchev–Trinajstić information content (AvgIpc) is 2.40. The lowest BCUT2D eigenvalue weighted by Gasteiger charge is -2.10. The minimum absolute atomic E-state index is 0.0169. The first kappa shape index (κ1) is 13.3. The molecule has 3 nitrogen and oxygen atoms in total. The third kappa shape index (κ3) is 2.99. The molecule has 0 amide bonds. The largest absolute Gasteiger partial charge is 0.380 e. The zero-order valence-electron chi connectivity index (χ0n) is 10.5. The second-order valence-corrected chi connectivity index (χ2v) is 4.10. The highest BCUT2D eigenvalue weighted by molar-refractivity contribution is 5.41. The van der Waals surface area contributed by atoms with E-state index in [1.54, 1.807) is 12.3 Å². The number of hydrogen-bond acceptors (Lipinski definition) is 2. The van der Waals surface area contributed by atoms with E-state index >= 15 is 0 Å². The fraction of sp³-hybridized carbons (Fsp3) is 0.214. The van der Waals surface area contributed by atoms with E-state index < -0.39 is 11.6 Å². The summed E-state index contributed by atoms with van der Waals surface area (Å²) in [5.41, 5.74) is 0.519. The molecule has 0 unspecified atom stereocenters. The van der Waals surface area contributed by atoms with Crippen molar-refractivity contribution in [2.24, 2.45) is 0 Å². The van der Waals surface area contributed by atoms with Crippen LogP contribution >= 0.6 is 0 Å². The van der Waals surface area contributed by atoms with Crippen LogP contribution in [-0.4, -0.2) is 4.57 Å². The number of halogens is 2. The van der Waals surface area contributed by atoms with Crippen molar-refractivity contribution in [3.05, 3.63) is 64.1 Å². The summed E-state index contributed by atoms with van der Waals surface area (Å²) >= 11 is 0. The molecule has 1 aromatic carbocycles. The summed E-state index contributed by atoms with van der Waals surface area (Å²) in [6.07, 6.45) is 1.63. The Hall–Kier alpha value is -2.17. The van der Waals surface area contributed by atoms with Crippen molar-refractivity contribution in [1.82, 2.24) is 4.57 Å². The third-order valence-electron chi connectivity index (χ3n) is 2.86. The first-order chi connectivity index (χ1) is 9.11. The molecule has 0 aliphatic rings. The molecule has 2 rings (SSSR count). The number of aromatic nitrogens is 1. The molecular weight excluding hydrogens is 250 g/mol. The summed E-state index contributed by atoms with van der Waals surface area (Å²) in [4.78, 5) is 11.4. The topological polar surface area (TPSA) is 34.0 Å². The van der Waals surface area contributed by atoms with Gasteiger partial charge in [-0.05, 0) is 25.1 Å². The minimum atomic E-state index is -0.587. The summed E-state index contributed by atoms with van der Waals surface area (Å²) in [6.45, 7) is 2.42. The molecule has 0 radical (unpaired) electrons. The van der Waals surface area contributed by atoms with E-state index in [1.807, 2.05) is 6.92 Å². The van der Waals surface area contributed by atoms with Crippen molar-refractivity contribution in [2.75, 3.05) is 5.32 Å². The molecular formula is C14H14F2N2O. The Morgan fingerprint density at radius 2 is 1.84 bits per heavy atom. The molecule has 2 aromatic rings. The second kappa shape index (κ2) is 5.65. The van der Waals surface area contributed by atoms with Gasteiger partial charge in [0.15, 0.2) is 0 Å². The van der Waals surface area contributed by atoms with Crippen LogP contribution in [0.3, 0.4) is 0 Å². The van der Waals surface area contributed by atoms with Crippen molar-refractivity contribution in [3.63, 3.8) is 0 Å². The van der Waals surface area contributed by atoms with Crippen molar-refractivity contribution >= 4 is 5.69 Å². The molecule has 0 aliphatic carbocycles. The Bertz CT molecular complexity index is 617. The van der Waals surface area contributed by atoms with E-state index in [0.717, 1.165) is 0 Å². The molecule has 0 spiro atoms. The van der Waals surface area contributed by atoms with Crippen LogP contribution in [0.2, 0.25) is 0 Å². The number of hydrogen-bond donors (Lipinski definition) is 1. The molecule has 5 heteroatoms. The van der Waals surface area contributed by atoms with Crippen molar-refractivity contribution in [3.8, 4) is 0 Å². The number of nitrogens with zero attached hydrogens (tertiary/aromatic N) is 1. The molecule has 0 saturated heterocycles. The number of nitrogens with one attached hydrogen (secondary N) is 1. The van der Waals surface area contributed by atoms with Crippen LogP contribution in [0, 0.1) is 11.6 Å². The van der Waals surface area contributed by atoms with Crippen LogP contribution in [-0.2, 0) is 13.1 Å². The standard InChI is InChI=1S/C14H14F2N2O/c1-2-18-9-10(6-7-14(18)19)17-8-11-12(15)4-3-5-13(11)16/h3-7,9,17H,2,8H2,1H3. The molecule has 19 heavy (non-hydrogen) atoms. The average molecular weight is 264 g/mol. The van der Waals surface area contributed by atoms with Crippen LogP contribution in [0.15, 0.2) is 41.3 Å². The molecule has 0 bridgehead atoms. The van der Waals surface area contributed by atoms with Gasteiger partial charge in [0.2, 0.25) is 0 Å². The van der Waals surface area contributed by atoms with Crippen LogP contribution in [0.4, 0.5) is 14.5 Å². The summed E-state index contributed by atoms with van der Waals surface area (Å²) in [7, 11) is 0. The zero-order chi connectivity index (χ0) is 13.8. The number of anilines is 1. The zero-order valence-corrected chi connectivity index (χ0v) is 10.5. The molecule has 1 aromatic heterocycles. The number of benzene rings is 1. The van der Waals surface area contributed by atoms with Crippen molar-refractivity contribution in [1.29, 1.82) is 0 Å². The maximum Gasteiger partial charge on any atom is 0.250 e. The molecule has 0 fully saturated rings. The van der Waals surface area contributed by atoms with E-state index in [9.17, 15) is 13.6 Å². The Balaban J connectivity index is 2.17. The molecule has 0 aliphatic heterocycles. The van der Waals surface area contributed by atoms with E-state index in [-0.39, 0.29) is 17.7 Å². The molecule has 0 saturated carbocycles. The first-order valence-electron chi connectivity index (χ1n) is 5.99. The molecule has 1 N–H and O–H groups in total. The van der Waals surface area contributed by atoms with Gasteiger partial charge in [0.05, 0.1) is 5.69 Å². The lowest BCUT2D eigenvalue weighted by atomic mass is 10.2. The number of pyridine rings is 1. The lowest BCUT2D eigenvalue weighted by Crippen LogP contribution is -2.18. The number of aryl methyl sites for hydroxylation is 1. The quantitative estimate of drug-likeness (QED) is 0.921. The highest BCUT2D eigenvalue weighted by atomic mass is 19.1. The molecule has 1 heterocycles. The molecule has 0 atom stereocenters. The van der Waals surface area contributed by atoms with Gasteiger partial charge in [-0.2, -0.15) is 0 Å². The van der Waals surface area contributed by atoms with Gasteiger partial charge < -0.3 is 9.88 Å². The normalized spacial score (nSPS) is 10.5. The summed E-state index contributed by atoms with van der Waals surface area (Å²) in [5, 5.41) is 2.90. The Kier molecular flexibility index (Phi) is 3.94. The Morgan fingerprint density at radius 3 is 2.47 bits per heavy atom. The van der Waals surface area contributed by atoms with Gasteiger partial charge in [-0.15, -0.1) is 0 Å². The van der Waals surface area contributed by atoms with Gasteiger partial charge in [-0.1, -0.05) is 6.07 Å².